The van der Waals surface area contributed by atoms with Crippen molar-refractivity contribution in [1.82, 2.24) is 0 Å². The molecule has 0 aromatic rings. The summed E-state index contributed by atoms with van der Waals surface area (Å²) in [4.78, 5) is 0. The first-order chi connectivity index (χ1) is 5.33. The first-order valence-corrected chi connectivity index (χ1v) is 5.12. The Bertz CT molecular complexity index is 96.2. The lowest BCUT2D eigenvalue weighted by Crippen LogP contribution is -2.12. The van der Waals surface area contributed by atoms with Crippen LogP contribution < -0.4 is 0 Å². The average molecular weight is 153 g/mol. The molecule has 2 atom stereocenters. The van der Waals surface area contributed by atoms with E-state index in [-0.39, 0.29) is 0 Å². The zero-order valence-electron chi connectivity index (χ0n) is 7.81. The Labute approximate surface area is 71.4 Å². The summed E-state index contributed by atoms with van der Waals surface area (Å²) in [7, 11) is 0. The van der Waals surface area contributed by atoms with Gasteiger partial charge in [0.15, 0.2) is 0 Å². The van der Waals surface area contributed by atoms with Gasteiger partial charge in [-0.25, -0.2) is 0 Å². The molecule has 65 valence electrons. The summed E-state index contributed by atoms with van der Waals surface area (Å²) in [5, 5.41) is 0. The van der Waals surface area contributed by atoms with Crippen molar-refractivity contribution in [1.29, 1.82) is 0 Å². The van der Waals surface area contributed by atoms with Crippen LogP contribution in [0.15, 0.2) is 0 Å². The third-order valence-electron chi connectivity index (χ3n) is 2.91. The van der Waals surface area contributed by atoms with Gasteiger partial charge in [-0.15, -0.1) is 0 Å². The van der Waals surface area contributed by atoms with Crippen molar-refractivity contribution in [2.24, 2.45) is 11.8 Å². The van der Waals surface area contributed by atoms with E-state index in [0.29, 0.717) is 0 Å². The van der Waals surface area contributed by atoms with Gasteiger partial charge in [-0.05, 0) is 18.3 Å². The molecule has 0 spiro atoms. The normalized spacial score (nSPS) is 32.2. The van der Waals surface area contributed by atoms with Crippen LogP contribution in [-0.4, -0.2) is 0 Å². The van der Waals surface area contributed by atoms with Crippen LogP contribution in [0.4, 0.5) is 0 Å². The van der Waals surface area contributed by atoms with Crippen molar-refractivity contribution in [2.45, 2.75) is 51.9 Å². The highest BCUT2D eigenvalue weighted by Gasteiger charge is 2.17. The maximum atomic E-state index is 3.89. The van der Waals surface area contributed by atoms with Crippen molar-refractivity contribution in [3.05, 3.63) is 6.92 Å². The molecule has 0 nitrogen and oxygen atoms in total. The highest BCUT2D eigenvalue weighted by atomic mass is 14.2. The van der Waals surface area contributed by atoms with Crippen LogP contribution in [0.3, 0.4) is 0 Å². The second-order valence-corrected chi connectivity index (χ2v) is 4.13. The van der Waals surface area contributed by atoms with Crippen LogP contribution in [0.5, 0.6) is 0 Å². The van der Waals surface area contributed by atoms with Crippen LogP contribution in [0, 0.1) is 18.8 Å². The minimum atomic E-state index is 0.999. The van der Waals surface area contributed by atoms with E-state index in [0.717, 1.165) is 18.3 Å². The first-order valence-electron chi connectivity index (χ1n) is 5.12. The van der Waals surface area contributed by atoms with Crippen molar-refractivity contribution < 1.29 is 0 Å². The number of hydrogen-bond donors (Lipinski definition) is 0. The Kier molecular flexibility index (Phi) is 3.96. The minimum absolute atomic E-state index is 0.999. The van der Waals surface area contributed by atoms with Crippen LogP contribution in [0.25, 0.3) is 0 Å². The van der Waals surface area contributed by atoms with Crippen molar-refractivity contribution in [3.63, 3.8) is 0 Å². The van der Waals surface area contributed by atoms with Gasteiger partial charge in [-0.3, -0.25) is 0 Å². The summed E-state index contributed by atoms with van der Waals surface area (Å²) in [6.45, 7) is 6.29. The van der Waals surface area contributed by atoms with Crippen LogP contribution in [0.1, 0.15) is 51.9 Å². The predicted molar refractivity (Wildman–Crippen MR) is 50.3 cm³/mol. The van der Waals surface area contributed by atoms with E-state index >= 15 is 0 Å². The molecule has 0 heteroatoms. The van der Waals surface area contributed by atoms with Gasteiger partial charge in [-0.1, -0.05) is 52.4 Å². The lowest BCUT2D eigenvalue weighted by molar-refractivity contribution is 0.266. The monoisotopic (exact) mass is 153 g/mol. The van der Waals surface area contributed by atoms with Crippen LogP contribution in [-0.2, 0) is 0 Å². The highest BCUT2D eigenvalue weighted by Crippen LogP contribution is 2.31. The fraction of sp³-hybridized carbons (Fsp3) is 0.909. The molecule has 0 aliphatic heterocycles. The average Bonchev–Trinajstić information content (AvgIpc) is 2.01. The number of hydrogen-bond acceptors (Lipinski definition) is 0. The first kappa shape index (κ1) is 9.09. The molecule has 0 saturated heterocycles. The molecule has 0 heterocycles. The molecule has 1 aliphatic carbocycles. The van der Waals surface area contributed by atoms with Gasteiger partial charge < -0.3 is 0 Å². The number of unbranched alkanes of at least 4 members (excludes halogenated alkanes) is 1. The third kappa shape index (κ3) is 3.27. The molecule has 0 aromatic carbocycles. The zero-order valence-corrected chi connectivity index (χ0v) is 7.81. The Morgan fingerprint density at radius 2 is 2.18 bits per heavy atom. The SMILES string of the molecule is [CH2]CCCC1CCCC(C)C1. The molecule has 0 N–H and O–H groups in total. The molecule has 0 bridgehead atoms. The molecular weight excluding hydrogens is 132 g/mol. The van der Waals surface area contributed by atoms with E-state index in [2.05, 4.69) is 13.8 Å². The summed E-state index contributed by atoms with van der Waals surface area (Å²) in [5.74, 6) is 2.04. The smallest absolute Gasteiger partial charge is 0.0412 e. The predicted octanol–water partition coefficient (Wildman–Crippen LogP) is 3.82. The Balaban J connectivity index is 2.12. The Morgan fingerprint density at radius 3 is 2.82 bits per heavy atom. The molecule has 0 amide bonds. The second-order valence-electron chi connectivity index (χ2n) is 4.13. The summed E-state index contributed by atoms with van der Waals surface area (Å²) >= 11 is 0. The Morgan fingerprint density at radius 1 is 1.36 bits per heavy atom. The van der Waals surface area contributed by atoms with E-state index in [1.165, 1.54) is 38.5 Å². The van der Waals surface area contributed by atoms with Gasteiger partial charge in [0.25, 0.3) is 0 Å². The molecule has 1 rings (SSSR count). The molecular formula is C11H21. The van der Waals surface area contributed by atoms with E-state index < -0.39 is 0 Å². The van der Waals surface area contributed by atoms with E-state index in [4.69, 9.17) is 0 Å². The van der Waals surface area contributed by atoms with Crippen LogP contribution in [0.2, 0.25) is 0 Å². The Hall–Kier alpha value is 0. The molecule has 11 heavy (non-hydrogen) atoms. The minimum Gasteiger partial charge on any atom is -0.0625 e. The standard InChI is InChI=1S/C11H21/c1-3-4-7-11-8-5-6-10(2)9-11/h10-11H,1,3-9H2,2H3. The quantitative estimate of drug-likeness (QED) is 0.578. The molecule has 1 fully saturated rings. The molecule has 1 radical (unpaired) electrons. The van der Waals surface area contributed by atoms with Crippen molar-refractivity contribution >= 4 is 0 Å². The van der Waals surface area contributed by atoms with Gasteiger partial charge in [0.05, 0.1) is 0 Å². The van der Waals surface area contributed by atoms with Gasteiger partial charge in [0.2, 0.25) is 0 Å². The maximum absolute atomic E-state index is 3.89. The van der Waals surface area contributed by atoms with Crippen molar-refractivity contribution in [2.75, 3.05) is 0 Å². The van der Waals surface area contributed by atoms with Gasteiger partial charge in [-0.2, -0.15) is 0 Å². The molecule has 1 aliphatic rings. The maximum Gasteiger partial charge on any atom is -0.0412 e. The van der Waals surface area contributed by atoms with Gasteiger partial charge in [0, 0.05) is 0 Å². The summed E-state index contributed by atoms with van der Waals surface area (Å²) in [6.07, 6.45) is 9.84. The fourth-order valence-corrected chi connectivity index (χ4v) is 2.25. The van der Waals surface area contributed by atoms with E-state index in [9.17, 15) is 0 Å². The zero-order chi connectivity index (χ0) is 8.10. The third-order valence-corrected chi connectivity index (χ3v) is 2.91. The molecule has 0 aromatic heterocycles. The summed E-state index contributed by atoms with van der Waals surface area (Å²) < 4.78 is 0. The van der Waals surface area contributed by atoms with E-state index in [1.54, 1.807) is 0 Å². The fourth-order valence-electron chi connectivity index (χ4n) is 2.25. The summed E-state index contributed by atoms with van der Waals surface area (Å²) in [5.41, 5.74) is 0. The lowest BCUT2D eigenvalue weighted by atomic mass is 9.80. The largest absolute Gasteiger partial charge is 0.0625 e. The van der Waals surface area contributed by atoms with E-state index in [1.807, 2.05) is 0 Å². The van der Waals surface area contributed by atoms with Gasteiger partial charge in [0.1, 0.15) is 0 Å². The van der Waals surface area contributed by atoms with Crippen molar-refractivity contribution in [3.8, 4) is 0 Å². The molecule has 2 unspecified atom stereocenters. The lowest BCUT2D eigenvalue weighted by Gasteiger charge is -2.26. The second kappa shape index (κ2) is 4.79. The van der Waals surface area contributed by atoms with Crippen LogP contribution >= 0.6 is 0 Å². The number of rotatable bonds is 3. The van der Waals surface area contributed by atoms with Gasteiger partial charge >= 0.3 is 0 Å². The summed E-state index contributed by atoms with van der Waals surface area (Å²) in [6, 6.07) is 0. The highest BCUT2D eigenvalue weighted by molar-refractivity contribution is 4.70. The molecule has 1 saturated carbocycles. The topological polar surface area (TPSA) is 0 Å².